The smallest absolute Gasteiger partial charge is 0.0490 e. The van der Waals surface area contributed by atoms with Crippen LogP contribution in [0.1, 0.15) is 0 Å². The van der Waals surface area contributed by atoms with Crippen molar-refractivity contribution < 1.29 is 0 Å². The van der Waals surface area contributed by atoms with E-state index in [0.717, 1.165) is 37.3 Å². The Kier molecular flexibility index (Phi) is 4.92. The van der Waals surface area contributed by atoms with Crippen molar-refractivity contribution in [3.05, 3.63) is 107 Å². The predicted octanol–water partition coefficient (Wildman–Crippen LogP) is 8.10. The summed E-state index contributed by atoms with van der Waals surface area (Å²) in [7, 11) is 0. The highest BCUT2D eigenvalue weighted by Crippen LogP contribution is 2.39. The predicted molar refractivity (Wildman–Crippen MR) is 115 cm³/mol. The third kappa shape index (κ3) is 3.33. The molecule has 4 rings (SSSR count). The summed E-state index contributed by atoms with van der Waals surface area (Å²) in [4.78, 5) is 0. The average molecular weight is 420 g/mol. The summed E-state index contributed by atoms with van der Waals surface area (Å²) in [5, 5.41) is 0.755. The van der Waals surface area contributed by atoms with Crippen molar-refractivity contribution in [2.24, 2.45) is 0 Å². The van der Waals surface area contributed by atoms with Crippen molar-refractivity contribution in [2.45, 2.75) is 0 Å². The van der Waals surface area contributed by atoms with Gasteiger partial charge in [0, 0.05) is 15.1 Å². The van der Waals surface area contributed by atoms with Gasteiger partial charge in [-0.15, -0.1) is 0 Å². The quantitative estimate of drug-likeness (QED) is 0.314. The molecular weight excluding hydrogens is 404 g/mol. The highest BCUT2D eigenvalue weighted by atomic mass is 79.9. The number of rotatable bonds is 3. The summed E-state index contributed by atoms with van der Waals surface area (Å²) >= 11 is 10.4. The van der Waals surface area contributed by atoms with Crippen LogP contribution in [0.3, 0.4) is 0 Å². The first kappa shape index (κ1) is 17.1. The maximum absolute atomic E-state index is 6.70. The van der Waals surface area contributed by atoms with Gasteiger partial charge in [0.1, 0.15) is 0 Å². The van der Waals surface area contributed by atoms with E-state index in [-0.39, 0.29) is 0 Å². The highest BCUT2D eigenvalue weighted by molar-refractivity contribution is 9.10. The van der Waals surface area contributed by atoms with Crippen LogP contribution in [0.5, 0.6) is 0 Å². The Morgan fingerprint density at radius 3 is 1.73 bits per heavy atom. The molecule has 0 N–H and O–H groups in total. The third-order valence-corrected chi connectivity index (χ3v) is 5.46. The summed E-state index contributed by atoms with van der Waals surface area (Å²) in [5.41, 5.74) is 6.78. The topological polar surface area (TPSA) is 0 Å². The number of halogens is 2. The van der Waals surface area contributed by atoms with E-state index in [1.165, 1.54) is 5.56 Å². The monoisotopic (exact) mass is 418 g/mol. The van der Waals surface area contributed by atoms with Gasteiger partial charge in [-0.25, -0.2) is 0 Å². The van der Waals surface area contributed by atoms with E-state index in [1.807, 2.05) is 30.3 Å². The van der Waals surface area contributed by atoms with Gasteiger partial charge in [0.2, 0.25) is 0 Å². The van der Waals surface area contributed by atoms with Gasteiger partial charge in [0.05, 0.1) is 0 Å². The fraction of sp³-hybridized carbons (Fsp3) is 0. The number of hydrogen-bond acceptors (Lipinski definition) is 0. The van der Waals surface area contributed by atoms with E-state index in [4.69, 9.17) is 11.6 Å². The van der Waals surface area contributed by atoms with E-state index >= 15 is 0 Å². The molecule has 0 radical (unpaired) electrons. The molecule has 0 nitrogen and oxygen atoms in total. The van der Waals surface area contributed by atoms with Crippen LogP contribution < -0.4 is 0 Å². The van der Waals surface area contributed by atoms with E-state index in [2.05, 4.69) is 82.7 Å². The Morgan fingerprint density at radius 1 is 0.500 bits per heavy atom. The zero-order valence-corrected chi connectivity index (χ0v) is 16.3. The standard InChI is InChI=1S/C24H16BrCl/c25-23-13-7-6-12-21(23)19-10-4-5-11-20(19)22-15-14-18(16-24(22)26)17-8-2-1-3-9-17/h1-16H. The van der Waals surface area contributed by atoms with E-state index in [0.29, 0.717) is 0 Å². The molecule has 0 bridgehead atoms. The van der Waals surface area contributed by atoms with Crippen molar-refractivity contribution in [1.82, 2.24) is 0 Å². The molecule has 0 spiro atoms. The van der Waals surface area contributed by atoms with Crippen molar-refractivity contribution in [3.8, 4) is 33.4 Å². The lowest BCUT2D eigenvalue weighted by molar-refractivity contribution is 1.55. The van der Waals surface area contributed by atoms with Gasteiger partial charge < -0.3 is 0 Å². The number of benzene rings is 4. The molecule has 0 saturated heterocycles. The van der Waals surface area contributed by atoms with Crippen LogP contribution in [0.4, 0.5) is 0 Å². The Labute approximate surface area is 167 Å². The van der Waals surface area contributed by atoms with Crippen molar-refractivity contribution >= 4 is 27.5 Å². The molecule has 0 aliphatic carbocycles. The van der Waals surface area contributed by atoms with Crippen LogP contribution in [0.2, 0.25) is 5.02 Å². The Bertz CT molecular complexity index is 1050. The zero-order valence-electron chi connectivity index (χ0n) is 14.0. The minimum absolute atomic E-state index is 0.755. The fourth-order valence-corrected chi connectivity index (χ4v) is 3.96. The van der Waals surface area contributed by atoms with E-state index in [1.54, 1.807) is 0 Å². The molecule has 0 aliphatic heterocycles. The molecule has 26 heavy (non-hydrogen) atoms. The van der Waals surface area contributed by atoms with Gasteiger partial charge in [-0.2, -0.15) is 0 Å². The van der Waals surface area contributed by atoms with Crippen LogP contribution >= 0.6 is 27.5 Å². The summed E-state index contributed by atoms with van der Waals surface area (Å²) < 4.78 is 1.07. The van der Waals surface area contributed by atoms with Crippen LogP contribution in [-0.2, 0) is 0 Å². The summed E-state index contributed by atoms with van der Waals surface area (Å²) in [6.45, 7) is 0. The minimum Gasteiger partial charge on any atom is -0.0836 e. The van der Waals surface area contributed by atoms with Crippen LogP contribution in [0, 0.1) is 0 Å². The van der Waals surface area contributed by atoms with Gasteiger partial charge in [0.25, 0.3) is 0 Å². The van der Waals surface area contributed by atoms with Crippen LogP contribution in [0.25, 0.3) is 33.4 Å². The fourth-order valence-electron chi connectivity index (χ4n) is 3.18. The first-order chi connectivity index (χ1) is 12.7. The molecule has 4 aromatic rings. The molecule has 0 heterocycles. The minimum atomic E-state index is 0.755. The SMILES string of the molecule is Clc1cc(-c2ccccc2)ccc1-c1ccccc1-c1ccccc1Br. The molecule has 2 heteroatoms. The maximum Gasteiger partial charge on any atom is 0.0490 e. The van der Waals surface area contributed by atoms with Gasteiger partial charge >= 0.3 is 0 Å². The lowest BCUT2D eigenvalue weighted by Crippen LogP contribution is -1.88. The van der Waals surface area contributed by atoms with Crippen molar-refractivity contribution in [1.29, 1.82) is 0 Å². The van der Waals surface area contributed by atoms with E-state index in [9.17, 15) is 0 Å². The Morgan fingerprint density at radius 2 is 1.08 bits per heavy atom. The van der Waals surface area contributed by atoms with Crippen LogP contribution in [-0.4, -0.2) is 0 Å². The molecule has 0 amide bonds. The summed E-state index contributed by atoms with van der Waals surface area (Å²) in [6.07, 6.45) is 0. The van der Waals surface area contributed by atoms with Gasteiger partial charge in [0.15, 0.2) is 0 Å². The molecule has 0 atom stereocenters. The van der Waals surface area contributed by atoms with Gasteiger partial charge in [-0.1, -0.05) is 112 Å². The van der Waals surface area contributed by atoms with Crippen molar-refractivity contribution in [3.63, 3.8) is 0 Å². The largest absolute Gasteiger partial charge is 0.0836 e. The normalized spacial score (nSPS) is 10.7. The molecule has 0 unspecified atom stereocenters. The lowest BCUT2D eigenvalue weighted by Gasteiger charge is -2.14. The molecule has 0 saturated carbocycles. The molecule has 126 valence electrons. The third-order valence-electron chi connectivity index (χ3n) is 4.46. The molecule has 0 fully saturated rings. The summed E-state index contributed by atoms with van der Waals surface area (Å²) in [5.74, 6) is 0. The molecule has 0 aliphatic rings. The zero-order chi connectivity index (χ0) is 17.9. The Balaban J connectivity index is 1.84. The molecular formula is C24H16BrCl. The Hall–Kier alpha value is -2.35. The molecule has 4 aromatic carbocycles. The van der Waals surface area contributed by atoms with Crippen molar-refractivity contribution in [2.75, 3.05) is 0 Å². The van der Waals surface area contributed by atoms with Crippen LogP contribution in [0.15, 0.2) is 102 Å². The van der Waals surface area contributed by atoms with Gasteiger partial charge in [-0.05, 0) is 39.9 Å². The average Bonchev–Trinajstić information content (AvgIpc) is 2.69. The van der Waals surface area contributed by atoms with Gasteiger partial charge in [-0.3, -0.25) is 0 Å². The molecule has 0 aromatic heterocycles. The first-order valence-electron chi connectivity index (χ1n) is 8.43. The second-order valence-corrected chi connectivity index (χ2v) is 7.35. The summed E-state index contributed by atoms with van der Waals surface area (Å²) in [6, 6.07) is 33.2. The maximum atomic E-state index is 6.70. The number of hydrogen-bond donors (Lipinski definition) is 0. The van der Waals surface area contributed by atoms with E-state index < -0.39 is 0 Å². The first-order valence-corrected chi connectivity index (χ1v) is 9.60. The second kappa shape index (κ2) is 7.49. The second-order valence-electron chi connectivity index (χ2n) is 6.09. The highest BCUT2D eigenvalue weighted by Gasteiger charge is 2.12. The lowest BCUT2D eigenvalue weighted by atomic mass is 9.93.